The number of halogens is 1. The van der Waals surface area contributed by atoms with Gasteiger partial charge in [0.2, 0.25) is 0 Å². The normalized spacial score (nSPS) is 18.4. The third-order valence-electron chi connectivity index (χ3n) is 4.45. The fourth-order valence-corrected chi connectivity index (χ4v) is 3.17. The lowest BCUT2D eigenvalue weighted by Gasteiger charge is -2.24. The number of aryl methyl sites for hydroxylation is 2. The van der Waals surface area contributed by atoms with Crippen LogP contribution in [0.4, 0.5) is 0 Å². The second-order valence-electron chi connectivity index (χ2n) is 7.74. The van der Waals surface area contributed by atoms with Gasteiger partial charge in [-0.3, -0.25) is 9.67 Å². The molecule has 1 saturated heterocycles. The Morgan fingerprint density at radius 2 is 2.12 bits per heavy atom. The molecule has 1 aromatic rings. The van der Waals surface area contributed by atoms with Crippen molar-refractivity contribution in [3.8, 4) is 0 Å². The van der Waals surface area contributed by atoms with Gasteiger partial charge >= 0.3 is 0 Å². The molecule has 0 saturated carbocycles. The third-order valence-corrected chi connectivity index (χ3v) is 4.45. The first-order chi connectivity index (χ1) is 10.8. The SMILES string of the molecule is CCNC(=NCC(C)Cn1nc(C)cc1C)N1CCC(C)(C)C1.I. The smallest absolute Gasteiger partial charge is 0.193 e. The molecule has 0 aliphatic carbocycles. The second kappa shape index (κ2) is 9.06. The van der Waals surface area contributed by atoms with Crippen LogP contribution in [-0.2, 0) is 6.54 Å². The van der Waals surface area contributed by atoms with Crippen LogP contribution >= 0.6 is 24.0 Å². The van der Waals surface area contributed by atoms with Gasteiger partial charge in [0.15, 0.2) is 5.96 Å². The third kappa shape index (κ3) is 5.93. The molecule has 1 aromatic heterocycles. The van der Waals surface area contributed by atoms with Gasteiger partial charge in [-0.15, -0.1) is 24.0 Å². The molecule has 6 heteroatoms. The fraction of sp³-hybridized carbons (Fsp3) is 0.778. The Kier molecular flexibility index (Phi) is 8.02. The Balaban J connectivity index is 0.00000288. The Morgan fingerprint density at radius 1 is 1.42 bits per heavy atom. The average molecular weight is 447 g/mol. The van der Waals surface area contributed by atoms with Gasteiger partial charge in [0.1, 0.15) is 0 Å². The zero-order valence-corrected chi connectivity index (χ0v) is 18.4. The van der Waals surface area contributed by atoms with E-state index in [-0.39, 0.29) is 24.0 Å². The van der Waals surface area contributed by atoms with E-state index in [9.17, 15) is 0 Å². The summed E-state index contributed by atoms with van der Waals surface area (Å²) in [4.78, 5) is 7.29. The predicted octanol–water partition coefficient (Wildman–Crippen LogP) is 3.45. The summed E-state index contributed by atoms with van der Waals surface area (Å²) >= 11 is 0. The summed E-state index contributed by atoms with van der Waals surface area (Å²) < 4.78 is 2.10. The number of nitrogens with zero attached hydrogens (tertiary/aromatic N) is 4. The highest BCUT2D eigenvalue weighted by molar-refractivity contribution is 14.0. The summed E-state index contributed by atoms with van der Waals surface area (Å²) in [5.41, 5.74) is 2.71. The highest BCUT2D eigenvalue weighted by atomic mass is 127. The van der Waals surface area contributed by atoms with Crippen molar-refractivity contribution in [3.63, 3.8) is 0 Å². The monoisotopic (exact) mass is 447 g/mol. The standard InChI is InChI=1S/C18H33N5.HI/c1-7-19-17(22-9-8-18(5,6)13-22)20-11-14(2)12-23-16(4)10-15(3)21-23;/h10,14H,7-9,11-13H2,1-6H3,(H,19,20);1H. The van der Waals surface area contributed by atoms with Crippen molar-refractivity contribution in [2.45, 2.75) is 54.5 Å². The molecule has 2 heterocycles. The number of aliphatic imine (C=N–C) groups is 1. The van der Waals surface area contributed by atoms with Crippen LogP contribution in [0.5, 0.6) is 0 Å². The molecule has 1 aliphatic rings. The van der Waals surface area contributed by atoms with Gasteiger partial charge in [-0.25, -0.2) is 0 Å². The van der Waals surface area contributed by atoms with Crippen molar-refractivity contribution < 1.29 is 0 Å². The molecule has 24 heavy (non-hydrogen) atoms. The Labute approximate surface area is 164 Å². The minimum Gasteiger partial charge on any atom is -0.357 e. The number of rotatable bonds is 5. The summed E-state index contributed by atoms with van der Waals surface area (Å²) in [6.45, 7) is 18.1. The maximum absolute atomic E-state index is 4.88. The van der Waals surface area contributed by atoms with E-state index in [1.54, 1.807) is 0 Å². The molecule has 1 N–H and O–H groups in total. The van der Waals surface area contributed by atoms with E-state index in [0.29, 0.717) is 11.3 Å². The molecular formula is C18H34IN5. The van der Waals surface area contributed by atoms with E-state index in [1.807, 2.05) is 6.92 Å². The maximum atomic E-state index is 4.88. The zero-order chi connectivity index (χ0) is 17.0. The van der Waals surface area contributed by atoms with Gasteiger partial charge in [0.05, 0.1) is 5.69 Å². The maximum Gasteiger partial charge on any atom is 0.193 e. The molecule has 138 valence electrons. The number of nitrogens with one attached hydrogen (secondary N) is 1. The summed E-state index contributed by atoms with van der Waals surface area (Å²) in [5, 5.41) is 8.00. The van der Waals surface area contributed by atoms with Crippen LogP contribution in [0.3, 0.4) is 0 Å². The summed E-state index contributed by atoms with van der Waals surface area (Å²) in [5.74, 6) is 1.54. The minimum absolute atomic E-state index is 0. The number of likely N-dealkylation sites (tertiary alicyclic amines) is 1. The van der Waals surface area contributed by atoms with Crippen LogP contribution in [-0.4, -0.2) is 46.8 Å². The van der Waals surface area contributed by atoms with Crippen LogP contribution in [0, 0.1) is 25.2 Å². The molecule has 0 amide bonds. The van der Waals surface area contributed by atoms with E-state index in [4.69, 9.17) is 4.99 Å². The van der Waals surface area contributed by atoms with Gasteiger partial charge in [-0.1, -0.05) is 20.8 Å². The van der Waals surface area contributed by atoms with Crippen molar-refractivity contribution in [2.75, 3.05) is 26.2 Å². The zero-order valence-electron chi connectivity index (χ0n) is 16.1. The molecule has 0 aromatic carbocycles. The van der Waals surface area contributed by atoms with E-state index < -0.39 is 0 Å². The Bertz CT molecular complexity index is 550. The van der Waals surface area contributed by atoms with Gasteiger partial charge in [-0.2, -0.15) is 5.10 Å². The number of hydrogen-bond acceptors (Lipinski definition) is 2. The summed E-state index contributed by atoms with van der Waals surface area (Å²) in [7, 11) is 0. The molecule has 0 bridgehead atoms. The van der Waals surface area contributed by atoms with Crippen LogP contribution in [0.15, 0.2) is 11.1 Å². The fourth-order valence-electron chi connectivity index (χ4n) is 3.17. The van der Waals surface area contributed by atoms with Crippen molar-refractivity contribution >= 4 is 29.9 Å². The first-order valence-corrected chi connectivity index (χ1v) is 8.85. The number of guanidine groups is 1. The van der Waals surface area contributed by atoms with Crippen LogP contribution in [0.1, 0.15) is 45.5 Å². The molecule has 1 unspecified atom stereocenters. The summed E-state index contributed by atoms with van der Waals surface area (Å²) in [6.07, 6.45) is 1.23. The largest absolute Gasteiger partial charge is 0.357 e. The minimum atomic E-state index is 0. The number of aromatic nitrogens is 2. The first-order valence-electron chi connectivity index (χ1n) is 8.85. The molecule has 0 radical (unpaired) electrons. The van der Waals surface area contributed by atoms with E-state index in [2.05, 4.69) is 60.7 Å². The summed E-state index contributed by atoms with van der Waals surface area (Å²) in [6, 6.07) is 2.13. The van der Waals surface area contributed by atoms with Gasteiger partial charge in [0, 0.05) is 38.4 Å². The highest BCUT2D eigenvalue weighted by Crippen LogP contribution is 2.28. The number of hydrogen-bond donors (Lipinski definition) is 1. The first kappa shape index (κ1) is 21.3. The molecule has 2 rings (SSSR count). The lowest BCUT2D eigenvalue weighted by atomic mass is 9.93. The average Bonchev–Trinajstić information content (AvgIpc) is 2.97. The van der Waals surface area contributed by atoms with Crippen molar-refractivity contribution in [2.24, 2.45) is 16.3 Å². The van der Waals surface area contributed by atoms with Crippen molar-refractivity contribution in [3.05, 3.63) is 17.5 Å². The lowest BCUT2D eigenvalue weighted by molar-refractivity contribution is 0.368. The van der Waals surface area contributed by atoms with E-state index in [1.165, 1.54) is 12.1 Å². The molecular weight excluding hydrogens is 413 g/mol. The molecule has 1 aliphatic heterocycles. The van der Waals surface area contributed by atoms with Crippen LogP contribution in [0.2, 0.25) is 0 Å². The lowest BCUT2D eigenvalue weighted by Crippen LogP contribution is -2.41. The van der Waals surface area contributed by atoms with Crippen LogP contribution < -0.4 is 5.32 Å². The topological polar surface area (TPSA) is 45.5 Å². The van der Waals surface area contributed by atoms with Gasteiger partial charge < -0.3 is 10.2 Å². The van der Waals surface area contributed by atoms with E-state index in [0.717, 1.165) is 44.4 Å². The van der Waals surface area contributed by atoms with Crippen molar-refractivity contribution in [1.82, 2.24) is 20.0 Å². The predicted molar refractivity (Wildman–Crippen MR) is 112 cm³/mol. The molecule has 5 nitrogen and oxygen atoms in total. The quantitative estimate of drug-likeness (QED) is 0.427. The van der Waals surface area contributed by atoms with Gasteiger partial charge in [0.25, 0.3) is 0 Å². The van der Waals surface area contributed by atoms with E-state index >= 15 is 0 Å². The Hall–Kier alpha value is -0.790. The van der Waals surface area contributed by atoms with Crippen LogP contribution in [0.25, 0.3) is 0 Å². The van der Waals surface area contributed by atoms with Gasteiger partial charge in [-0.05, 0) is 44.6 Å². The molecule has 1 fully saturated rings. The second-order valence-corrected chi connectivity index (χ2v) is 7.74. The highest BCUT2D eigenvalue weighted by Gasteiger charge is 2.30. The molecule has 1 atom stereocenters. The molecule has 0 spiro atoms. The Morgan fingerprint density at radius 3 is 2.62 bits per heavy atom. The van der Waals surface area contributed by atoms with Crippen molar-refractivity contribution in [1.29, 1.82) is 0 Å².